The Morgan fingerprint density at radius 3 is 1.96 bits per heavy atom. The van der Waals surface area contributed by atoms with Gasteiger partial charge in [-0.05, 0) is 24.6 Å². The number of rotatable bonds is 7. The molecule has 7 nitrogen and oxygen atoms in total. The van der Waals surface area contributed by atoms with E-state index < -0.39 is 0 Å². The minimum absolute atomic E-state index is 0. The van der Waals surface area contributed by atoms with E-state index in [2.05, 4.69) is 4.90 Å². The highest BCUT2D eigenvalue weighted by Gasteiger charge is 2.22. The van der Waals surface area contributed by atoms with Gasteiger partial charge < -0.3 is 24.8 Å². The van der Waals surface area contributed by atoms with Crippen LogP contribution in [-0.4, -0.2) is 69.3 Å². The Balaban J connectivity index is 0.00000338. The minimum Gasteiger partial charge on any atom is -0.493 e. The Morgan fingerprint density at radius 1 is 1.04 bits per heavy atom. The van der Waals surface area contributed by atoms with E-state index in [-0.39, 0.29) is 36.8 Å². The van der Waals surface area contributed by atoms with E-state index >= 15 is 0 Å². The third-order valence-electron chi connectivity index (χ3n) is 4.35. The van der Waals surface area contributed by atoms with Crippen LogP contribution < -0.4 is 19.9 Å². The molecule has 1 amide bonds. The number of benzene rings is 1. The van der Waals surface area contributed by atoms with Crippen molar-refractivity contribution in [2.24, 2.45) is 5.73 Å². The van der Waals surface area contributed by atoms with Crippen molar-refractivity contribution in [2.75, 3.05) is 47.5 Å². The van der Waals surface area contributed by atoms with Gasteiger partial charge in [0.15, 0.2) is 11.5 Å². The largest absolute Gasteiger partial charge is 0.493 e. The molecule has 2 rings (SSSR count). The third kappa shape index (κ3) is 6.92. The van der Waals surface area contributed by atoms with Gasteiger partial charge in [0.05, 0.1) is 21.3 Å². The van der Waals surface area contributed by atoms with Gasteiger partial charge in [0.2, 0.25) is 11.7 Å². The molecule has 1 aromatic carbocycles. The number of carbonyl (C=O) groups excluding carboxylic acids is 1. The standard InChI is InChI=1S/C18H29N3O4.2ClH/c1-13(19)9-17(22)21-7-5-20(6-8-21)12-14-10-15(23-2)18(25-4)16(11-14)24-3;;/h10-11,13H,5-9,12,19H2,1-4H3;2*1H. The minimum atomic E-state index is -0.0928. The zero-order chi connectivity index (χ0) is 18.4. The lowest BCUT2D eigenvalue weighted by atomic mass is 10.1. The Morgan fingerprint density at radius 2 is 1.56 bits per heavy atom. The number of hydrogen-bond donors (Lipinski definition) is 1. The second-order valence-electron chi connectivity index (χ2n) is 6.37. The molecule has 156 valence electrons. The SMILES string of the molecule is COc1cc(CN2CCN(C(=O)CC(C)N)CC2)cc(OC)c1OC.Cl.Cl. The second-order valence-corrected chi connectivity index (χ2v) is 6.37. The Bertz CT molecular complexity index is 569. The summed E-state index contributed by atoms with van der Waals surface area (Å²) in [5, 5.41) is 0. The first-order valence-corrected chi connectivity index (χ1v) is 8.53. The fourth-order valence-electron chi connectivity index (χ4n) is 3.04. The van der Waals surface area contributed by atoms with E-state index in [9.17, 15) is 4.79 Å². The predicted molar refractivity (Wildman–Crippen MR) is 111 cm³/mol. The second kappa shape index (κ2) is 12.1. The fourth-order valence-corrected chi connectivity index (χ4v) is 3.04. The first-order chi connectivity index (χ1) is 12.0. The van der Waals surface area contributed by atoms with Gasteiger partial charge in [0.1, 0.15) is 0 Å². The fraction of sp³-hybridized carbons (Fsp3) is 0.611. The summed E-state index contributed by atoms with van der Waals surface area (Å²) in [5.74, 6) is 2.05. The third-order valence-corrected chi connectivity index (χ3v) is 4.35. The van der Waals surface area contributed by atoms with Crippen molar-refractivity contribution in [1.82, 2.24) is 9.80 Å². The Hall–Kier alpha value is -1.41. The summed E-state index contributed by atoms with van der Waals surface area (Å²) in [7, 11) is 4.83. The molecule has 9 heteroatoms. The molecular weight excluding hydrogens is 393 g/mol. The van der Waals surface area contributed by atoms with E-state index in [1.807, 2.05) is 24.0 Å². The van der Waals surface area contributed by atoms with Crippen molar-refractivity contribution < 1.29 is 19.0 Å². The summed E-state index contributed by atoms with van der Waals surface area (Å²) in [6.45, 7) is 5.76. The average molecular weight is 424 g/mol. The van der Waals surface area contributed by atoms with Crippen LogP contribution in [0.15, 0.2) is 12.1 Å². The smallest absolute Gasteiger partial charge is 0.224 e. The number of halogens is 2. The zero-order valence-electron chi connectivity index (χ0n) is 16.4. The highest BCUT2D eigenvalue weighted by molar-refractivity contribution is 5.85. The van der Waals surface area contributed by atoms with Crippen molar-refractivity contribution in [1.29, 1.82) is 0 Å². The van der Waals surface area contributed by atoms with Crippen LogP contribution in [0, 0.1) is 0 Å². The van der Waals surface area contributed by atoms with Crippen LogP contribution in [0.2, 0.25) is 0 Å². The predicted octanol–water partition coefficient (Wildman–Crippen LogP) is 1.94. The summed E-state index contributed by atoms with van der Waals surface area (Å²) in [6.07, 6.45) is 0.410. The number of carbonyl (C=O) groups is 1. The average Bonchev–Trinajstić information content (AvgIpc) is 2.60. The normalized spacial score (nSPS) is 15.2. The maximum atomic E-state index is 12.1. The molecule has 0 spiro atoms. The van der Waals surface area contributed by atoms with Gasteiger partial charge in [-0.3, -0.25) is 9.69 Å². The van der Waals surface area contributed by atoms with Crippen LogP contribution in [0.1, 0.15) is 18.9 Å². The lowest BCUT2D eigenvalue weighted by Gasteiger charge is -2.35. The van der Waals surface area contributed by atoms with E-state index in [0.717, 1.165) is 38.3 Å². The van der Waals surface area contributed by atoms with Crippen molar-refractivity contribution in [3.63, 3.8) is 0 Å². The zero-order valence-corrected chi connectivity index (χ0v) is 18.0. The van der Waals surface area contributed by atoms with Crippen LogP contribution in [0.5, 0.6) is 17.2 Å². The molecule has 2 N–H and O–H groups in total. The molecule has 27 heavy (non-hydrogen) atoms. The molecule has 0 bridgehead atoms. The first-order valence-electron chi connectivity index (χ1n) is 8.53. The number of piperazine rings is 1. The molecule has 1 atom stereocenters. The number of nitrogens with zero attached hydrogens (tertiary/aromatic N) is 2. The van der Waals surface area contributed by atoms with Gasteiger partial charge in [-0.2, -0.15) is 0 Å². The van der Waals surface area contributed by atoms with Crippen molar-refractivity contribution in [2.45, 2.75) is 25.9 Å². The monoisotopic (exact) mass is 423 g/mol. The maximum absolute atomic E-state index is 12.1. The topological polar surface area (TPSA) is 77.3 Å². The number of amides is 1. The number of methoxy groups -OCH3 is 3. The molecule has 1 aromatic rings. The Kier molecular flexibility index (Phi) is 11.5. The van der Waals surface area contributed by atoms with Crippen LogP contribution >= 0.6 is 24.8 Å². The van der Waals surface area contributed by atoms with Crippen LogP contribution in [-0.2, 0) is 11.3 Å². The molecule has 1 saturated heterocycles. The quantitative estimate of drug-likeness (QED) is 0.721. The van der Waals surface area contributed by atoms with Crippen molar-refractivity contribution in [3.8, 4) is 17.2 Å². The summed E-state index contributed by atoms with van der Waals surface area (Å²) >= 11 is 0. The lowest BCUT2D eigenvalue weighted by molar-refractivity contribution is -0.133. The summed E-state index contributed by atoms with van der Waals surface area (Å²) in [5.41, 5.74) is 6.80. The van der Waals surface area contributed by atoms with Crippen molar-refractivity contribution in [3.05, 3.63) is 17.7 Å². The molecule has 1 fully saturated rings. The first kappa shape index (κ1) is 25.6. The van der Waals surface area contributed by atoms with E-state index in [0.29, 0.717) is 23.7 Å². The van der Waals surface area contributed by atoms with Gasteiger partial charge in [0, 0.05) is 45.2 Å². The van der Waals surface area contributed by atoms with Gasteiger partial charge >= 0.3 is 0 Å². The Labute approximate surface area is 173 Å². The maximum Gasteiger partial charge on any atom is 0.224 e. The molecule has 0 saturated carbocycles. The van der Waals surface area contributed by atoms with Gasteiger partial charge in [0.25, 0.3) is 0 Å². The summed E-state index contributed by atoms with van der Waals surface area (Å²) in [6, 6.07) is 3.84. The van der Waals surface area contributed by atoms with E-state index in [4.69, 9.17) is 19.9 Å². The van der Waals surface area contributed by atoms with Crippen LogP contribution in [0.3, 0.4) is 0 Å². The van der Waals surface area contributed by atoms with Gasteiger partial charge in [-0.15, -0.1) is 24.8 Å². The number of nitrogens with two attached hydrogens (primary N) is 1. The van der Waals surface area contributed by atoms with Gasteiger partial charge in [-0.25, -0.2) is 0 Å². The molecule has 1 aliphatic rings. The summed E-state index contributed by atoms with van der Waals surface area (Å²) in [4.78, 5) is 16.3. The molecule has 1 aliphatic heterocycles. The summed E-state index contributed by atoms with van der Waals surface area (Å²) < 4.78 is 16.2. The molecule has 1 heterocycles. The van der Waals surface area contributed by atoms with E-state index in [1.54, 1.807) is 21.3 Å². The lowest BCUT2D eigenvalue weighted by Crippen LogP contribution is -2.49. The van der Waals surface area contributed by atoms with Gasteiger partial charge in [-0.1, -0.05) is 0 Å². The number of hydrogen-bond acceptors (Lipinski definition) is 6. The number of ether oxygens (including phenoxy) is 3. The van der Waals surface area contributed by atoms with Crippen LogP contribution in [0.25, 0.3) is 0 Å². The molecule has 0 aromatic heterocycles. The molecular formula is C18H31Cl2N3O4. The van der Waals surface area contributed by atoms with E-state index in [1.165, 1.54) is 0 Å². The molecule has 0 radical (unpaired) electrons. The molecule has 1 unspecified atom stereocenters. The van der Waals surface area contributed by atoms with Crippen molar-refractivity contribution >= 4 is 30.7 Å². The highest BCUT2D eigenvalue weighted by Crippen LogP contribution is 2.38. The van der Waals surface area contributed by atoms with Crippen LogP contribution in [0.4, 0.5) is 0 Å². The highest BCUT2D eigenvalue weighted by atomic mass is 35.5. The molecule has 0 aliphatic carbocycles.